The highest BCUT2D eigenvalue weighted by Crippen LogP contribution is 2.19. The highest BCUT2D eigenvalue weighted by Gasteiger charge is 2.22. The van der Waals surface area contributed by atoms with Gasteiger partial charge in [0.25, 0.3) is 0 Å². The van der Waals surface area contributed by atoms with E-state index in [1.54, 1.807) is 6.26 Å². The van der Waals surface area contributed by atoms with Crippen molar-refractivity contribution < 1.29 is 14.0 Å². The van der Waals surface area contributed by atoms with Crippen LogP contribution in [0.1, 0.15) is 29.9 Å². The lowest BCUT2D eigenvalue weighted by Gasteiger charge is -2.34. The van der Waals surface area contributed by atoms with Crippen molar-refractivity contribution in [3.63, 3.8) is 0 Å². The third kappa shape index (κ3) is 5.92. The summed E-state index contributed by atoms with van der Waals surface area (Å²) >= 11 is 0. The van der Waals surface area contributed by atoms with E-state index in [1.165, 1.54) is 0 Å². The van der Waals surface area contributed by atoms with E-state index in [9.17, 15) is 9.59 Å². The molecule has 156 valence electrons. The summed E-state index contributed by atoms with van der Waals surface area (Å²) < 4.78 is 5.32. The number of amides is 2. The van der Waals surface area contributed by atoms with E-state index < -0.39 is 0 Å². The Morgan fingerprint density at radius 3 is 2.10 bits per heavy atom. The molecule has 29 heavy (non-hydrogen) atoms. The monoisotopic (exact) mass is 398 g/mol. The van der Waals surface area contributed by atoms with Crippen molar-refractivity contribution in [3.05, 3.63) is 53.5 Å². The number of benzene rings is 1. The summed E-state index contributed by atoms with van der Waals surface area (Å²) in [7, 11) is 0. The first-order valence-corrected chi connectivity index (χ1v) is 10.1. The third-order valence-corrected chi connectivity index (χ3v) is 5.29. The van der Waals surface area contributed by atoms with E-state index in [0.29, 0.717) is 13.1 Å². The molecule has 0 bridgehead atoms. The molecule has 2 N–H and O–H groups in total. The maximum Gasteiger partial charge on any atom is 0.238 e. The predicted octanol–water partition coefficient (Wildman–Crippen LogP) is 2.33. The Balaban J connectivity index is 1.40. The minimum absolute atomic E-state index is 0.000802. The van der Waals surface area contributed by atoms with Gasteiger partial charge in [-0.05, 0) is 44.0 Å². The number of rotatable bonds is 7. The number of carbonyl (C=O) groups excluding carboxylic acids is 2. The molecule has 2 amide bonds. The molecule has 0 saturated carbocycles. The highest BCUT2D eigenvalue weighted by atomic mass is 16.3. The number of furan rings is 1. The minimum atomic E-state index is -0.146. The van der Waals surface area contributed by atoms with Gasteiger partial charge in [-0.2, -0.15) is 0 Å². The van der Waals surface area contributed by atoms with Crippen molar-refractivity contribution in [2.45, 2.75) is 26.8 Å². The zero-order chi connectivity index (χ0) is 20.8. The van der Waals surface area contributed by atoms with Crippen molar-refractivity contribution >= 4 is 17.5 Å². The number of carbonyl (C=O) groups is 2. The zero-order valence-corrected chi connectivity index (χ0v) is 17.4. The van der Waals surface area contributed by atoms with Gasteiger partial charge in [-0.15, -0.1) is 0 Å². The molecule has 0 spiro atoms. The SMILES string of the molecule is Cc1cccc(C)c1NC(=O)CN1CCN(CC(=O)N[C@H](C)c2ccco2)CC1. The largest absolute Gasteiger partial charge is 0.467 e. The molecule has 3 rings (SSSR count). The lowest BCUT2D eigenvalue weighted by atomic mass is 10.1. The molecule has 0 radical (unpaired) electrons. The Hall–Kier alpha value is -2.64. The summed E-state index contributed by atoms with van der Waals surface area (Å²) in [4.78, 5) is 29.0. The Bertz CT molecular complexity index is 806. The smallest absolute Gasteiger partial charge is 0.238 e. The van der Waals surface area contributed by atoms with Crippen molar-refractivity contribution in [2.24, 2.45) is 0 Å². The molecular formula is C22H30N4O3. The number of hydrogen-bond donors (Lipinski definition) is 2. The molecule has 2 aromatic rings. The van der Waals surface area contributed by atoms with Crippen molar-refractivity contribution in [3.8, 4) is 0 Å². The lowest BCUT2D eigenvalue weighted by molar-refractivity contribution is -0.124. The van der Waals surface area contributed by atoms with Crippen molar-refractivity contribution in [1.82, 2.24) is 15.1 Å². The van der Waals surface area contributed by atoms with E-state index in [1.807, 2.05) is 51.1 Å². The third-order valence-electron chi connectivity index (χ3n) is 5.29. The van der Waals surface area contributed by atoms with Gasteiger partial charge in [-0.3, -0.25) is 19.4 Å². The van der Waals surface area contributed by atoms with Crippen LogP contribution in [0, 0.1) is 13.8 Å². The molecule has 1 aromatic heterocycles. The number of aryl methyl sites for hydroxylation is 2. The average Bonchev–Trinajstić information content (AvgIpc) is 3.21. The quantitative estimate of drug-likeness (QED) is 0.749. The van der Waals surface area contributed by atoms with Crippen molar-refractivity contribution in [2.75, 3.05) is 44.6 Å². The highest BCUT2D eigenvalue weighted by molar-refractivity contribution is 5.93. The predicted molar refractivity (Wildman–Crippen MR) is 113 cm³/mol. The summed E-state index contributed by atoms with van der Waals surface area (Å²) in [6.45, 7) is 9.68. The first-order valence-electron chi connectivity index (χ1n) is 10.1. The standard InChI is InChI=1S/C22H30N4O3/c1-16-6-4-7-17(2)22(16)24-21(28)15-26-11-9-25(10-12-26)14-20(27)23-18(3)19-8-5-13-29-19/h4-8,13,18H,9-12,14-15H2,1-3H3,(H,23,27)(H,24,28)/t18-/m1/s1. The van der Waals surface area contributed by atoms with Crippen LogP contribution in [0.15, 0.2) is 41.0 Å². The maximum atomic E-state index is 12.4. The lowest BCUT2D eigenvalue weighted by Crippen LogP contribution is -2.51. The zero-order valence-electron chi connectivity index (χ0n) is 17.4. The van der Waals surface area contributed by atoms with E-state index in [-0.39, 0.29) is 17.9 Å². The van der Waals surface area contributed by atoms with E-state index in [2.05, 4.69) is 20.4 Å². The minimum Gasteiger partial charge on any atom is -0.467 e. The second-order valence-electron chi connectivity index (χ2n) is 7.67. The molecule has 1 saturated heterocycles. The van der Waals surface area contributed by atoms with Gasteiger partial charge in [0.2, 0.25) is 11.8 Å². The fourth-order valence-corrected chi connectivity index (χ4v) is 3.60. The fraction of sp³-hybridized carbons (Fsp3) is 0.455. The summed E-state index contributed by atoms with van der Waals surface area (Å²) in [5, 5.41) is 6.00. The molecule has 1 aliphatic rings. The van der Waals surface area contributed by atoms with Crippen LogP contribution < -0.4 is 10.6 Å². The van der Waals surface area contributed by atoms with Crippen LogP contribution in [-0.4, -0.2) is 60.9 Å². The number of para-hydroxylation sites is 1. The summed E-state index contributed by atoms with van der Waals surface area (Å²) in [6, 6.07) is 9.51. The summed E-state index contributed by atoms with van der Waals surface area (Å²) in [5.74, 6) is 0.731. The Morgan fingerprint density at radius 1 is 0.966 bits per heavy atom. The van der Waals surface area contributed by atoms with Crippen LogP contribution in [-0.2, 0) is 9.59 Å². The summed E-state index contributed by atoms with van der Waals surface area (Å²) in [6.07, 6.45) is 1.60. The molecule has 2 heterocycles. The normalized spacial score (nSPS) is 16.4. The van der Waals surface area contributed by atoms with Gasteiger partial charge in [0, 0.05) is 31.9 Å². The second kappa shape index (κ2) is 9.71. The van der Waals surface area contributed by atoms with E-state index in [4.69, 9.17) is 4.42 Å². The van der Waals surface area contributed by atoms with E-state index >= 15 is 0 Å². The summed E-state index contributed by atoms with van der Waals surface area (Å²) in [5.41, 5.74) is 3.04. The molecule has 1 aliphatic heterocycles. The molecule has 1 atom stereocenters. The number of anilines is 1. The van der Waals surface area contributed by atoms with Crippen LogP contribution >= 0.6 is 0 Å². The Morgan fingerprint density at radius 2 is 1.55 bits per heavy atom. The number of nitrogens with one attached hydrogen (secondary N) is 2. The second-order valence-corrected chi connectivity index (χ2v) is 7.67. The molecule has 1 aromatic carbocycles. The van der Waals surface area contributed by atoms with Gasteiger partial charge >= 0.3 is 0 Å². The van der Waals surface area contributed by atoms with Crippen LogP contribution in [0.2, 0.25) is 0 Å². The van der Waals surface area contributed by atoms with Crippen LogP contribution in [0.5, 0.6) is 0 Å². The van der Waals surface area contributed by atoms with Gasteiger partial charge in [-0.1, -0.05) is 18.2 Å². The number of nitrogens with zero attached hydrogens (tertiary/aromatic N) is 2. The van der Waals surface area contributed by atoms with Gasteiger partial charge in [0.15, 0.2) is 0 Å². The number of hydrogen-bond acceptors (Lipinski definition) is 5. The molecule has 7 nitrogen and oxygen atoms in total. The molecule has 1 fully saturated rings. The number of piperazine rings is 1. The van der Waals surface area contributed by atoms with Gasteiger partial charge in [0.05, 0.1) is 25.4 Å². The first kappa shape index (κ1) is 21.1. The average molecular weight is 399 g/mol. The topological polar surface area (TPSA) is 77.8 Å². The van der Waals surface area contributed by atoms with Crippen LogP contribution in [0.4, 0.5) is 5.69 Å². The fourth-order valence-electron chi connectivity index (χ4n) is 3.60. The van der Waals surface area contributed by atoms with Crippen LogP contribution in [0.3, 0.4) is 0 Å². The molecule has 7 heteroatoms. The molecular weight excluding hydrogens is 368 g/mol. The Labute approximate surface area is 172 Å². The Kier molecular flexibility index (Phi) is 7.06. The van der Waals surface area contributed by atoms with Gasteiger partial charge in [0.1, 0.15) is 5.76 Å². The maximum absolute atomic E-state index is 12.4. The molecule has 0 unspecified atom stereocenters. The molecule has 0 aliphatic carbocycles. The van der Waals surface area contributed by atoms with Crippen LogP contribution in [0.25, 0.3) is 0 Å². The van der Waals surface area contributed by atoms with Crippen molar-refractivity contribution in [1.29, 1.82) is 0 Å². The van der Waals surface area contributed by atoms with Gasteiger partial charge in [-0.25, -0.2) is 0 Å². The first-order chi connectivity index (χ1) is 13.9. The van der Waals surface area contributed by atoms with E-state index in [0.717, 1.165) is 48.8 Å². The van der Waals surface area contributed by atoms with Gasteiger partial charge < -0.3 is 15.1 Å².